The Morgan fingerprint density at radius 1 is 1.64 bits per heavy atom. The minimum absolute atomic E-state index is 0.135. The number of nitrogens with zero attached hydrogens (tertiary/aromatic N) is 1. The topological polar surface area (TPSA) is 52.9 Å². The van der Waals surface area contributed by atoms with E-state index in [-0.39, 0.29) is 6.61 Å². The van der Waals surface area contributed by atoms with Gasteiger partial charge in [0, 0.05) is 13.1 Å². The van der Waals surface area contributed by atoms with Gasteiger partial charge in [0.1, 0.15) is 0 Å². The summed E-state index contributed by atoms with van der Waals surface area (Å²) >= 11 is 0. The normalized spacial score (nSPS) is 34.1. The molecule has 0 bridgehead atoms. The summed E-state index contributed by atoms with van der Waals surface area (Å²) in [5.41, 5.74) is 0. The Morgan fingerprint density at radius 2 is 2.36 bits per heavy atom. The first-order valence-corrected chi connectivity index (χ1v) is 3.83. The van der Waals surface area contributed by atoms with Gasteiger partial charge in [-0.1, -0.05) is 0 Å². The fourth-order valence-corrected chi connectivity index (χ4v) is 1.27. The van der Waals surface area contributed by atoms with Crippen molar-refractivity contribution in [3.63, 3.8) is 0 Å². The van der Waals surface area contributed by atoms with E-state index in [4.69, 9.17) is 9.84 Å². The Labute approximate surface area is 66.4 Å². The summed E-state index contributed by atoms with van der Waals surface area (Å²) in [4.78, 5) is 1.98. The number of hydrogen-bond donors (Lipinski definition) is 2. The summed E-state index contributed by atoms with van der Waals surface area (Å²) < 4.78 is 5.07. The molecule has 1 rings (SSSR count). The van der Waals surface area contributed by atoms with Crippen LogP contribution < -0.4 is 0 Å². The van der Waals surface area contributed by atoms with Crippen LogP contribution in [0.3, 0.4) is 0 Å². The quantitative estimate of drug-likeness (QED) is 0.546. The minimum atomic E-state index is -1.03. The van der Waals surface area contributed by atoms with E-state index in [2.05, 4.69) is 0 Å². The summed E-state index contributed by atoms with van der Waals surface area (Å²) in [5.74, 6) is -1.03. The van der Waals surface area contributed by atoms with Crippen molar-refractivity contribution in [2.24, 2.45) is 0 Å². The van der Waals surface area contributed by atoms with Crippen LogP contribution in [0.5, 0.6) is 0 Å². The predicted octanol–water partition coefficient (Wildman–Crippen LogP) is -0.981. The monoisotopic (exact) mass is 161 g/mol. The van der Waals surface area contributed by atoms with Crippen molar-refractivity contribution in [2.75, 3.05) is 32.8 Å². The zero-order valence-electron chi connectivity index (χ0n) is 6.79. The van der Waals surface area contributed by atoms with Crippen molar-refractivity contribution in [3.05, 3.63) is 0 Å². The first-order chi connectivity index (χ1) is 5.14. The van der Waals surface area contributed by atoms with Gasteiger partial charge >= 0.3 is 0 Å². The van der Waals surface area contributed by atoms with Crippen LogP contribution in [0.4, 0.5) is 0 Å². The summed E-state index contributed by atoms with van der Waals surface area (Å²) in [6, 6.07) is 0. The first-order valence-electron chi connectivity index (χ1n) is 3.83. The third-order valence-electron chi connectivity index (χ3n) is 1.75. The fourth-order valence-electron chi connectivity index (χ4n) is 1.27. The molecule has 0 spiro atoms. The number of hydrogen-bond acceptors (Lipinski definition) is 4. The van der Waals surface area contributed by atoms with E-state index >= 15 is 0 Å². The lowest BCUT2D eigenvalue weighted by Gasteiger charge is -2.36. The second kappa shape index (κ2) is 3.49. The molecule has 1 aliphatic heterocycles. The smallest absolute Gasteiger partial charge is 0.175 e. The van der Waals surface area contributed by atoms with Crippen LogP contribution in [0, 0.1) is 0 Å². The lowest BCUT2D eigenvalue weighted by atomic mass is 10.2. The van der Waals surface area contributed by atoms with Gasteiger partial charge in [0.2, 0.25) is 0 Å². The van der Waals surface area contributed by atoms with Crippen molar-refractivity contribution in [3.8, 4) is 0 Å². The molecule has 0 aromatic rings. The zero-order valence-corrected chi connectivity index (χ0v) is 6.79. The molecule has 1 atom stereocenters. The summed E-state index contributed by atoms with van der Waals surface area (Å²) in [6.07, 6.45) is 0. The molecule has 66 valence electrons. The zero-order chi connectivity index (χ0) is 8.32. The highest BCUT2D eigenvalue weighted by atomic mass is 16.6. The molecule has 11 heavy (non-hydrogen) atoms. The Balaban J connectivity index is 2.34. The van der Waals surface area contributed by atoms with Gasteiger partial charge in [-0.15, -0.1) is 0 Å². The molecule has 0 aromatic carbocycles. The van der Waals surface area contributed by atoms with E-state index in [1.54, 1.807) is 6.92 Å². The Morgan fingerprint density at radius 3 is 2.91 bits per heavy atom. The molecule has 2 N–H and O–H groups in total. The number of aliphatic hydroxyl groups is 2. The van der Waals surface area contributed by atoms with E-state index in [0.29, 0.717) is 19.7 Å². The van der Waals surface area contributed by atoms with Gasteiger partial charge in [0.25, 0.3) is 0 Å². The van der Waals surface area contributed by atoms with Crippen LogP contribution in [-0.2, 0) is 4.74 Å². The van der Waals surface area contributed by atoms with Gasteiger partial charge in [-0.05, 0) is 6.92 Å². The molecule has 0 saturated carbocycles. The highest BCUT2D eigenvalue weighted by Gasteiger charge is 2.28. The largest absolute Gasteiger partial charge is 0.395 e. The molecular formula is C7H15NO3. The van der Waals surface area contributed by atoms with Gasteiger partial charge in [0.15, 0.2) is 5.79 Å². The van der Waals surface area contributed by atoms with Crippen LogP contribution in [0.1, 0.15) is 6.92 Å². The standard InChI is InChI=1S/C7H15NO3/c1-7(10)6-8(2-4-9)3-5-11-7/h9-10H,2-6H2,1H3. The van der Waals surface area contributed by atoms with Crippen molar-refractivity contribution in [2.45, 2.75) is 12.7 Å². The summed E-state index contributed by atoms with van der Waals surface area (Å²) in [7, 11) is 0. The van der Waals surface area contributed by atoms with E-state index in [0.717, 1.165) is 6.54 Å². The minimum Gasteiger partial charge on any atom is -0.395 e. The maximum atomic E-state index is 9.43. The molecule has 0 aliphatic carbocycles. The molecule has 1 aliphatic rings. The lowest BCUT2D eigenvalue weighted by molar-refractivity contribution is -0.227. The number of aliphatic hydroxyl groups excluding tert-OH is 1. The van der Waals surface area contributed by atoms with Gasteiger partial charge in [-0.2, -0.15) is 0 Å². The average Bonchev–Trinajstić information content (AvgIpc) is 1.85. The lowest BCUT2D eigenvalue weighted by Crippen LogP contribution is -2.50. The van der Waals surface area contributed by atoms with Crippen LogP contribution in [0.25, 0.3) is 0 Å². The third-order valence-corrected chi connectivity index (χ3v) is 1.75. The third kappa shape index (κ3) is 2.75. The van der Waals surface area contributed by atoms with Crippen LogP contribution in [0.2, 0.25) is 0 Å². The van der Waals surface area contributed by atoms with Crippen molar-refractivity contribution < 1.29 is 14.9 Å². The Bertz CT molecular complexity index is 125. The molecule has 1 unspecified atom stereocenters. The molecule has 1 heterocycles. The number of ether oxygens (including phenoxy) is 1. The van der Waals surface area contributed by atoms with E-state index < -0.39 is 5.79 Å². The SMILES string of the molecule is CC1(O)CN(CCO)CCO1. The molecule has 1 saturated heterocycles. The fraction of sp³-hybridized carbons (Fsp3) is 1.00. The van der Waals surface area contributed by atoms with E-state index in [9.17, 15) is 5.11 Å². The summed E-state index contributed by atoms with van der Waals surface area (Å²) in [6.45, 7) is 4.18. The number of morpholine rings is 1. The Kier molecular flexibility index (Phi) is 2.84. The maximum absolute atomic E-state index is 9.43. The molecule has 0 amide bonds. The molecule has 4 heteroatoms. The van der Waals surface area contributed by atoms with E-state index in [1.807, 2.05) is 4.90 Å². The summed E-state index contributed by atoms with van der Waals surface area (Å²) in [5, 5.41) is 18.1. The van der Waals surface area contributed by atoms with Crippen molar-refractivity contribution in [1.82, 2.24) is 4.90 Å². The number of β-amino-alcohol motifs (C(OH)–C–C–N with tert-alkyl or cyclic N) is 2. The van der Waals surface area contributed by atoms with E-state index in [1.165, 1.54) is 0 Å². The van der Waals surface area contributed by atoms with Gasteiger partial charge in [-0.3, -0.25) is 4.90 Å². The van der Waals surface area contributed by atoms with Gasteiger partial charge in [0.05, 0.1) is 19.8 Å². The average molecular weight is 161 g/mol. The second-order valence-corrected chi connectivity index (χ2v) is 3.02. The Hall–Kier alpha value is -0.160. The van der Waals surface area contributed by atoms with Crippen LogP contribution in [0.15, 0.2) is 0 Å². The highest BCUT2D eigenvalue weighted by Crippen LogP contribution is 2.12. The second-order valence-electron chi connectivity index (χ2n) is 3.02. The van der Waals surface area contributed by atoms with Crippen molar-refractivity contribution >= 4 is 0 Å². The predicted molar refractivity (Wildman–Crippen MR) is 40.1 cm³/mol. The molecule has 1 fully saturated rings. The maximum Gasteiger partial charge on any atom is 0.175 e. The number of rotatable bonds is 2. The first kappa shape index (κ1) is 8.93. The van der Waals surface area contributed by atoms with Crippen LogP contribution in [-0.4, -0.2) is 53.7 Å². The molecule has 0 radical (unpaired) electrons. The highest BCUT2D eigenvalue weighted by molar-refractivity contribution is 4.72. The van der Waals surface area contributed by atoms with Gasteiger partial charge in [-0.25, -0.2) is 0 Å². The van der Waals surface area contributed by atoms with Crippen molar-refractivity contribution in [1.29, 1.82) is 0 Å². The van der Waals surface area contributed by atoms with Gasteiger partial charge < -0.3 is 14.9 Å². The molecule has 4 nitrogen and oxygen atoms in total. The van der Waals surface area contributed by atoms with Crippen LogP contribution >= 0.6 is 0 Å². The molecule has 0 aromatic heterocycles. The molecular weight excluding hydrogens is 146 g/mol.